The highest BCUT2D eigenvalue weighted by Crippen LogP contribution is 2.28. The average Bonchev–Trinajstić information content (AvgIpc) is 3.05. The van der Waals surface area contributed by atoms with Gasteiger partial charge in [-0.05, 0) is 38.7 Å². The van der Waals surface area contributed by atoms with Crippen LogP contribution in [0, 0.1) is 25.6 Å². The van der Waals surface area contributed by atoms with Gasteiger partial charge in [0.15, 0.2) is 0 Å². The molecule has 128 valence electrons. The van der Waals surface area contributed by atoms with Crippen LogP contribution in [0.1, 0.15) is 60.3 Å². The van der Waals surface area contributed by atoms with Crippen molar-refractivity contribution in [2.45, 2.75) is 52.4 Å². The van der Waals surface area contributed by atoms with Crippen molar-refractivity contribution in [3.8, 4) is 0 Å². The quantitative estimate of drug-likeness (QED) is 0.841. The second-order valence-corrected chi connectivity index (χ2v) is 6.76. The molecular formula is C19H24FN3O. The van der Waals surface area contributed by atoms with E-state index < -0.39 is 5.82 Å². The molecule has 0 saturated heterocycles. The molecule has 2 aromatic rings. The molecule has 1 aromatic carbocycles. The summed E-state index contributed by atoms with van der Waals surface area (Å²) in [6.07, 6.45) is 7.43. The van der Waals surface area contributed by atoms with Gasteiger partial charge in [-0.2, -0.15) is 0 Å². The maximum Gasteiger partial charge on any atom is 0.253 e. The highest BCUT2D eigenvalue weighted by atomic mass is 19.1. The number of carbonyl (C=O) groups is 1. The minimum Gasteiger partial charge on any atom is -0.352 e. The van der Waals surface area contributed by atoms with Crippen LogP contribution in [0.3, 0.4) is 0 Å². The van der Waals surface area contributed by atoms with E-state index in [1.165, 1.54) is 37.8 Å². The van der Waals surface area contributed by atoms with Crippen molar-refractivity contribution in [3.05, 3.63) is 34.9 Å². The van der Waals surface area contributed by atoms with Gasteiger partial charge in [0, 0.05) is 12.6 Å². The maximum atomic E-state index is 13.8. The molecule has 1 N–H and O–H groups in total. The number of carbonyl (C=O) groups excluding carboxylic acids is 1. The van der Waals surface area contributed by atoms with E-state index in [0.29, 0.717) is 17.6 Å². The first kappa shape index (κ1) is 16.8. The zero-order chi connectivity index (χ0) is 17.1. The lowest BCUT2D eigenvalue weighted by atomic mass is 10.0. The van der Waals surface area contributed by atoms with Gasteiger partial charge in [0.2, 0.25) is 0 Å². The zero-order valence-corrected chi connectivity index (χ0v) is 14.4. The van der Waals surface area contributed by atoms with Crippen LogP contribution in [-0.2, 0) is 0 Å². The first-order chi connectivity index (χ1) is 11.5. The molecule has 1 heterocycles. The van der Waals surface area contributed by atoms with E-state index >= 15 is 0 Å². The molecule has 0 atom stereocenters. The van der Waals surface area contributed by atoms with E-state index in [-0.39, 0.29) is 11.5 Å². The van der Waals surface area contributed by atoms with Crippen LogP contribution in [0.2, 0.25) is 0 Å². The highest BCUT2D eigenvalue weighted by Gasteiger charge is 2.17. The van der Waals surface area contributed by atoms with E-state index in [9.17, 15) is 9.18 Å². The van der Waals surface area contributed by atoms with Gasteiger partial charge in [-0.3, -0.25) is 4.79 Å². The van der Waals surface area contributed by atoms with Crippen molar-refractivity contribution >= 4 is 16.9 Å². The van der Waals surface area contributed by atoms with Crippen LogP contribution >= 0.6 is 0 Å². The Kier molecular flexibility index (Phi) is 5.07. The van der Waals surface area contributed by atoms with Crippen molar-refractivity contribution in [2.24, 2.45) is 5.92 Å². The molecule has 0 radical (unpaired) electrons. The number of halogens is 1. The Morgan fingerprint density at radius 1 is 1.21 bits per heavy atom. The molecule has 3 rings (SSSR count). The first-order valence-electron chi connectivity index (χ1n) is 8.77. The van der Waals surface area contributed by atoms with Gasteiger partial charge >= 0.3 is 0 Å². The minimum absolute atomic E-state index is 0.265. The predicted octanol–water partition coefficient (Wildman–Crippen LogP) is 4.09. The lowest BCUT2D eigenvalue weighted by Crippen LogP contribution is -2.25. The number of nitrogens with one attached hydrogen (secondary N) is 1. The third-order valence-corrected chi connectivity index (χ3v) is 4.94. The Labute approximate surface area is 141 Å². The second kappa shape index (κ2) is 7.24. The van der Waals surface area contributed by atoms with Gasteiger partial charge in [0.05, 0.1) is 22.5 Å². The molecular weight excluding hydrogens is 305 g/mol. The Morgan fingerprint density at radius 2 is 1.92 bits per heavy atom. The Morgan fingerprint density at radius 3 is 2.67 bits per heavy atom. The Balaban J connectivity index is 1.70. The Bertz CT molecular complexity index is 754. The molecule has 1 aliphatic carbocycles. The highest BCUT2D eigenvalue weighted by molar-refractivity contribution is 6.04. The van der Waals surface area contributed by atoms with Gasteiger partial charge in [-0.15, -0.1) is 0 Å². The third kappa shape index (κ3) is 3.71. The van der Waals surface area contributed by atoms with E-state index in [4.69, 9.17) is 0 Å². The average molecular weight is 329 g/mol. The third-order valence-electron chi connectivity index (χ3n) is 4.94. The van der Waals surface area contributed by atoms with Crippen molar-refractivity contribution < 1.29 is 9.18 Å². The minimum atomic E-state index is -0.462. The fraction of sp³-hybridized carbons (Fsp3) is 0.526. The van der Waals surface area contributed by atoms with Crippen LogP contribution in [0.5, 0.6) is 0 Å². The Hall–Kier alpha value is -2.04. The summed E-state index contributed by atoms with van der Waals surface area (Å²) in [5, 5.41) is 2.90. The van der Waals surface area contributed by atoms with Crippen molar-refractivity contribution in [1.82, 2.24) is 15.3 Å². The molecule has 0 bridgehead atoms. The smallest absolute Gasteiger partial charge is 0.253 e. The summed E-state index contributed by atoms with van der Waals surface area (Å²) >= 11 is 0. The number of benzene rings is 1. The molecule has 0 aliphatic heterocycles. The van der Waals surface area contributed by atoms with Crippen LogP contribution < -0.4 is 5.32 Å². The standard InChI is InChI=1S/C19H24FN3O/c1-12-13(2)23-18-16(10-15(20)11-17(18)22-12)19(24)21-9-5-8-14-6-3-4-7-14/h10-11,14H,3-9H2,1-2H3,(H,21,24). The fourth-order valence-corrected chi connectivity index (χ4v) is 3.46. The summed E-state index contributed by atoms with van der Waals surface area (Å²) in [4.78, 5) is 21.2. The number of aryl methyl sites for hydroxylation is 2. The predicted molar refractivity (Wildman–Crippen MR) is 92.5 cm³/mol. The normalized spacial score (nSPS) is 15.1. The summed E-state index contributed by atoms with van der Waals surface area (Å²) in [5.74, 6) is 0.0769. The lowest BCUT2D eigenvalue weighted by molar-refractivity contribution is 0.0953. The summed E-state index contributed by atoms with van der Waals surface area (Å²) in [5.41, 5.74) is 2.66. The summed E-state index contributed by atoms with van der Waals surface area (Å²) in [6.45, 7) is 4.29. The van der Waals surface area contributed by atoms with Gasteiger partial charge in [-0.1, -0.05) is 25.7 Å². The summed E-state index contributed by atoms with van der Waals surface area (Å²) in [6, 6.07) is 2.57. The molecule has 0 unspecified atom stereocenters. The van der Waals surface area contributed by atoms with E-state index in [1.54, 1.807) is 0 Å². The molecule has 1 amide bonds. The molecule has 1 aliphatic rings. The van der Waals surface area contributed by atoms with Crippen molar-refractivity contribution in [3.63, 3.8) is 0 Å². The summed E-state index contributed by atoms with van der Waals surface area (Å²) < 4.78 is 13.8. The molecule has 1 aromatic heterocycles. The topological polar surface area (TPSA) is 54.9 Å². The zero-order valence-electron chi connectivity index (χ0n) is 14.4. The first-order valence-corrected chi connectivity index (χ1v) is 8.77. The van der Waals surface area contributed by atoms with Gasteiger partial charge in [-0.25, -0.2) is 14.4 Å². The van der Waals surface area contributed by atoms with Crippen LogP contribution in [0.25, 0.3) is 11.0 Å². The maximum absolute atomic E-state index is 13.8. The number of rotatable bonds is 5. The van der Waals surface area contributed by atoms with E-state index in [0.717, 1.165) is 30.1 Å². The number of nitrogens with zero attached hydrogens (tertiary/aromatic N) is 2. The molecule has 1 fully saturated rings. The van der Waals surface area contributed by atoms with Crippen molar-refractivity contribution in [2.75, 3.05) is 6.54 Å². The number of hydrogen-bond acceptors (Lipinski definition) is 3. The van der Waals surface area contributed by atoms with Gasteiger partial charge in [0.25, 0.3) is 5.91 Å². The molecule has 1 saturated carbocycles. The van der Waals surface area contributed by atoms with Crippen LogP contribution in [-0.4, -0.2) is 22.4 Å². The van der Waals surface area contributed by atoms with E-state index in [2.05, 4.69) is 15.3 Å². The summed E-state index contributed by atoms with van der Waals surface area (Å²) in [7, 11) is 0. The SMILES string of the molecule is Cc1nc2cc(F)cc(C(=O)NCCCC3CCCC3)c2nc1C. The van der Waals surface area contributed by atoms with Gasteiger partial charge < -0.3 is 5.32 Å². The number of amides is 1. The molecule has 0 spiro atoms. The van der Waals surface area contributed by atoms with Crippen LogP contribution in [0.15, 0.2) is 12.1 Å². The largest absolute Gasteiger partial charge is 0.352 e. The fourth-order valence-electron chi connectivity index (χ4n) is 3.46. The van der Waals surface area contributed by atoms with E-state index in [1.807, 2.05) is 13.8 Å². The molecule has 5 heteroatoms. The monoisotopic (exact) mass is 329 g/mol. The lowest BCUT2D eigenvalue weighted by Gasteiger charge is -2.11. The van der Waals surface area contributed by atoms with Crippen molar-refractivity contribution in [1.29, 1.82) is 0 Å². The molecule has 24 heavy (non-hydrogen) atoms. The number of aromatic nitrogens is 2. The number of fused-ring (bicyclic) bond motifs is 1. The van der Waals surface area contributed by atoms with Crippen LogP contribution in [0.4, 0.5) is 4.39 Å². The van der Waals surface area contributed by atoms with Gasteiger partial charge in [0.1, 0.15) is 11.3 Å². The molecule has 4 nitrogen and oxygen atoms in total. The second-order valence-electron chi connectivity index (χ2n) is 6.76. The number of hydrogen-bond donors (Lipinski definition) is 1.